The molecule has 0 fully saturated rings. The summed E-state index contributed by atoms with van der Waals surface area (Å²) < 4.78 is 40.3. The highest BCUT2D eigenvalue weighted by Gasteiger charge is 2.40. The Hall–Kier alpha value is -1.53. The molecule has 0 saturated heterocycles. The van der Waals surface area contributed by atoms with Gasteiger partial charge in [-0.05, 0) is 38.5 Å². The molecule has 1 aliphatic rings. The van der Waals surface area contributed by atoms with Gasteiger partial charge in [-0.2, -0.15) is 18.3 Å². The number of nitrogens with one attached hydrogen (secondary N) is 1. The van der Waals surface area contributed by atoms with Gasteiger partial charge in [0.05, 0.1) is 0 Å². The van der Waals surface area contributed by atoms with Crippen LogP contribution in [0.5, 0.6) is 0 Å². The highest BCUT2D eigenvalue weighted by Crippen LogP contribution is 2.36. The van der Waals surface area contributed by atoms with Gasteiger partial charge < -0.3 is 5.32 Å². The number of carbonyl (C=O) groups is 1. The number of halogens is 3. The van der Waals surface area contributed by atoms with Crippen molar-refractivity contribution in [1.82, 2.24) is 15.1 Å². The van der Waals surface area contributed by atoms with Crippen LogP contribution in [0.4, 0.5) is 13.2 Å². The Morgan fingerprint density at radius 1 is 1.25 bits per heavy atom. The highest BCUT2D eigenvalue weighted by atomic mass is 19.4. The monoisotopic (exact) mass is 345 g/mol. The molecule has 7 heteroatoms. The third-order valence-electron chi connectivity index (χ3n) is 4.39. The first-order chi connectivity index (χ1) is 11.2. The van der Waals surface area contributed by atoms with E-state index < -0.39 is 11.9 Å². The second-order valence-electron chi connectivity index (χ2n) is 7.08. The van der Waals surface area contributed by atoms with Crippen LogP contribution >= 0.6 is 0 Å². The average Bonchev–Trinajstić information content (AvgIpc) is 3.00. The summed E-state index contributed by atoms with van der Waals surface area (Å²) in [5.74, 6) is 0.346. The molecule has 1 amide bonds. The summed E-state index contributed by atoms with van der Waals surface area (Å²) in [5, 5.41) is 6.53. The molecule has 1 N–H and O–H groups in total. The van der Waals surface area contributed by atoms with Gasteiger partial charge in [0.1, 0.15) is 6.54 Å². The van der Waals surface area contributed by atoms with E-state index in [1.807, 2.05) is 6.92 Å². The zero-order valence-electron chi connectivity index (χ0n) is 14.5. The van der Waals surface area contributed by atoms with Crippen molar-refractivity contribution in [3.05, 3.63) is 17.0 Å². The molecule has 1 heterocycles. The number of aromatic nitrogens is 2. The van der Waals surface area contributed by atoms with Crippen LogP contribution < -0.4 is 5.32 Å². The topological polar surface area (TPSA) is 46.9 Å². The Morgan fingerprint density at radius 3 is 2.58 bits per heavy atom. The molecule has 1 aromatic heterocycles. The van der Waals surface area contributed by atoms with Gasteiger partial charge in [0.25, 0.3) is 0 Å². The summed E-state index contributed by atoms with van der Waals surface area (Å²) in [6.07, 6.45) is 0.155. The molecule has 0 saturated carbocycles. The minimum Gasteiger partial charge on any atom is -0.352 e. The summed E-state index contributed by atoms with van der Waals surface area (Å²) in [7, 11) is 0. The van der Waals surface area contributed by atoms with Crippen LogP contribution in [0.2, 0.25) is 0 Å². The van der Waals surface area contributed by atoms with E-state index in [-0.39, 0.29) is 24.1 Å². The minimum atomic E-state index is -4.46. The van der Waals surface area contributed by atoms with Crippen LogP contribution in [0.25, 0.3) is 0 Å². The fourth-order valence-corrected chi connectivity index (χ4v) is 3.23. The largest absolute Gasteiger partial charge is 0.435 e. The molecule has 1 atom stereocenters. The molecule has 4 nitrogen and oxygen atoms in total. The third-order valence-corrected chi connectivity index (χ3v) is 4.39. The smallest absolute Gasteiger partial charge is 0.352 e. The van der Waals surface area contributed by atoms with E-state index in [4.69, 9.17) is 0 Å². The quantitative estimate of drug-likeness (QED) is 0.819. The number of rotatable bonds is 7. The van der Waals surface area contributed by atoms with Gasteiger partial charge in [-0.3, -0.25) is 9.48 Å². The maximum Gasteiger partial charge on any atom is 0.435 e. The Kier molecular flexibility index (Phi) is 5.93. The average molecular weight is 345 g/mol. The molecule has 0 aliphatic heterocycles. The van der Waals surface area contributed by atoms with Crippen molar-refractivity contribution in [2.24, 2.45) is 5.92 Å². The van der Waals surface area contributed by atoms with E-state index >= 15 is 0 Å². The fourth-order valence-electron chi connectivity index (χ4n) is 3.23. The van der Waals surface area contributed by atoms with Crippen molar-refractivity contribution in [3.63, 3.8) is 0 Å². The third kappa shape index (κ3) is 4.74. The van der Waals surface area contributed by atoms with Crippen molar-refractivity contribution in [1.29, 1.82) is 0 Å². The Bertz CT molecular complexity index is 578. The molecule has 1 aromatic rings. The van der Waals surface area contributed by atoms with E-state index in [2.05, 4.69) is 24.3 Å². The fraction of sp³-hybridized carbons (Fsp3) is 0.765. The molecule has 0 radical (unpaired) electrons. The lowest BCUT2D eigenvalue weighted by Crippen LogP contribution is -2.35. The molecular weight excluding hydrogens is 319 g/mol. The van der Waals surface area contributed by atoms with Crippen LogP contribution in [-0.2, 0) is 30.4 Å². The maximum atomic E-state index is 13.0. The number of amides is 1. The number of nitrogens with zero attached hydrogens (tertiary/aromatic N) is 2. The first kappa shape index (κ1) is 18.8. The molecular formula is C17H26F3N3O. The lowest BCUT2D eigenvalue weighted by atomic mass is 10.0. The SMILES string of the molecule is CC(C)CCC[C@@H](C)NC(=O)Cn1nc(C(F)(F)F)c2c1CCC2. The normalized spacial score (nSPS) is 15.6. The zero-order chi connectivity index (χ0) is 17.9. The molecule has 0 aromatic carbocycles. The second-order valence-corrected chi connectivity index (χ2v) is 7.08. The predicted octanol–water partition coefficient (Wildman–Crippen LogP) is 3.72. The Labute approximate surface area is 140 Å². The molecule has 2 rings (SSSR count). The molecule has 1 aliphatic carbocycles. The van der Waals surface area contributed by atoms with Crippen LogP contribution in [0.3, 0.4) is 0 Å². The lowest BCUT2D eigenvalue weighted by Gasteiger charge is -2.15. The molecule has 24 heavy (non-hydrogen) atoms. The van der Waals surface area contributed by atoms with Crippen LogP contribution in [0.15, 0.2) is 0 Å². The van der Waals surface area contributed by atoms with Crippen LogP contribution in [-0.4, -0.2) is 21.7 Å². The number of carbonyl (C=O) groups excluding carboxylic acids is 1. The van der Waals surface area contributed by atoms with Gasteiger partial charge in [0.15, 0.2) is 5.69 Å². The Morgan fingerprint density at radius 2 is 1.96 bits per heavy atom. The summed E-state index contributed by atoms with van der Waals surface area (Å²) in [5.41, 5.74) is -0.00185. The summed E-state index contributed by atoms with van der Waals surface area (Å²) in [6, 6.07) is 0.0157. The van der Waals surface area contributed by atoms with Crippen molar-refractivity contribution < 1.29 is 18.0 Å². The van der Waals surface area contributed by atoms with Gasteiger partial charge in [0.2, 0.25) is 5.91 Å². The first-order valence-corrected chi connectivity index (χ1v) is 8.63. The molecule has 0 unspecified atom stereocenters. The predicted molar refractivity (Wildman–Crippen MR) is 85.5 cm³/mol. The molecule has 0 bridgehead atoms. The van der Waals surface area contributed by atoms with Crippen molar-refractivity contribution in [2.45, 2.75) is 78.1 Å². The van der Waals surface area contributed by atoms with Gasteiger partial charge in [-0.15, -0.1) is 0 Å². The minimum absolute atomic E-state index is 0.0157. The highest BCUT2D eigenvalue weighted by molar-refractivity contribution is 5.76. The van der Waals surface area contributed by atoms with Crippen molar-refractivity contribution in [2.75, 3.05) is 0 Å². The second kappa shape index (κ2) is 7.57. The van der Waals surface area contributed by atoms with Crippen molar-refractivity contribution in [3.8, 4) is 0 Å². The summed E-state index contributed by atoms with van der Waals surface area (Å²) in [4.78, 5) is 12.1. The lowest BCUT2D eigenvalue weighted by molar-refractivity contribution is -0.142. The van der Waals surface area contributed by atoms with Crippen LogP contribution in [0, 0.1) is 5.92 Å². The van der Waals surface area contributed by atoms with Gasteiger partial charge in [-0.1, -0.05) is 26.7 Å². The Balaban J connectivity index is 1.95. The summed E-state index contributed by atoms with van der Waals surface area (Å²) in [6.45, 7) is 6.08. The maximum absolute atomic E-state index is 13.0. The first-order valence-electron chi connectivity index (χ1n) is 8.63. The summed E-state index contributed by atoms with van der Waals surface area (Å²) >= 11 is 0. The zero-order valence-corrected chi connectivity index (χ0v) is 14.5. The number of fused-ring (bicyclic) bond motifs is 1. The van der Waals surface area contributed by atoms with E-state index in [1.54, 1.807) is 0 Å². The van der Waals surface area contributed by atoms with E-state index in [9.17, 15) is 18.0 Å². The molecule has 0 spiro atoms. The van der Waals surface area contributed by atoms with Gasteiger partial charge >= 0.3 is 6.18 Å². The molecule has 136 valence electrons. The standard InChI is InChI=1S/C17H26F3N3O/c1-11(2)6-4-7-12(3)21-15(24)10-23-14-9-5-8-13(14)16(22-23)17(18,19)20/h11-12H,4-10H2,1-3H3,(H,21,24)/t12-/m1/s1. The van der Waals surface area contributed by atoms with Gasteiger partial charge in [-0.25, -0.2) is 0 Å². The van der Waals surface area contributed by atoms with Crippen LogP contribution in [0.1, 0.15) is 63.4 Å². The van der Waals surface area contributed by atoms with Crippen molar-refractivity contribution >= 4 is 5.91 Å². The van der Waals surface area contributed by atoms with E-state index in [0.29, 0.717) is 30.9 Å². The number of alkyl halides is 3. The van der Waals surface area contributed by atoms with Gasteiger partial charge in [0, 0.05) is 17.3 Å². The number of hydrogen-bond acceptors (Lipinski definition) is 2. The van der Waals surface area contributed by atoms with E-state index in [1.165, 1.54) is 4.68 Å². The van der Waals surface area contributed by atoms with E-state index in [0.717, 1.165) is 19.3 Å². The number of hydrogen-bond donors (Lipinski definition) is 1.